The van der Waals surface area contributed by atoms with E-state index in [0.717, 1.165) is 51.2 Å². The van der Waals surface area contributed by atoms with Crippen LogP contribution in [-0.4, -0.2) is 14.2 Å². The van der Waals surface area contributed by atoms with Gasteiger partial charge in [0, 0.05) is 0 Å². The van der Waals surface area contributed by atoms with Gasteiger partial charge in [-0.05, 0) is 89.5 Å². The minimum absolute atomic E-state index is 0.753. The number of ether oxygens (including phenoxy) is 4. The van der Waals surface area contributed by atoms with Gasteiger partial charge in [-0.3, -0.25) is 0 Å². The fraction of sp³-hybridized carbons (Fsp3) is 0.0667. The fourth-order valence-electron chi connectivity index (χ4n) is 3.44. The van der Waals surface area contributed by atoms with E-state index in [1.807, 2.05) is 103 Å². The zero-order valence-electron chi connectivity index (χ0n) is 19.2. The van der Waals surface area contributed by atoms with Gasteiger partial charge in [-0.2, -0.15) is 0 Å². The molecule has 0 saturated carbocycles. The topological polar surface area (TPSA) is 36.9 Å². The van der Waals surface area contributed by atoms with E-state index >= 15 is 0 Å². The van der Waals surface area contributed by atoms with Crippen LogP contribution in [0.15, 0.2) is 116 Å². The molecule has 170 valence electrons. The molecule has 4 nitrogen and oxygen atoms in total. The van der Waals surface area contributed by atoms with Gasteiger partial charge >= 0.3 is 0 Å². The molecule has 0 atom stereocenters. The average molecular weight is 451 g/mol. The quantitative estimate of drug-likeness (QED) is 0.243. The second-order valence-electron chi connectivity index (χ2n) is 7.42. The van der Waals surface area contributed by atoms with Crippen molar-refractivity contribution >= 4 is 5.57 Å². The molecule has 34 heavy (non-hydrogen) atoms. The van der Waals surface area contributed by atoms with Crippen molar-refractivity contribution < 1.29 is 18.9 Å². The molecule has 0 saturated heterocycles. The van der Waals surface area contributed by atoms with Crippen LogP contribution in [0.2, 0.25) is 0 Å². The van der Waals surface area contributed by atoms with Gasteiger partial charge in [0.15, 0.2) is 0 Å². The summed E-state index contributed by atoms with van der Waals surface area (Å²) in [5.41, 5.74) is 3.18. The van der Waals surface area contributed by atoms with E-state index < -0.39 is 0 Å². The second kappa shape index (κ2) is 10.9. The lowest BCUT2D eigenvalue weighted by molar-refractivity contribution is 0.413. The summed E-state index contributed by atoms with van der Waals surface area (Å²) >= 11 is 0. The standard InChI is InChI=1S/C30H26O4/c1-4-5-30(22-6-10-26(11-7-22)33-28-18-14-24(31-2)15-19-28)23-8-12-27(13-9-23)34-29-20-16-25(32-3)17-21-29/h4-21H,1H2,2-3H3. The second-order valence-corrected chi connectivity index (χ2v) is 7.42. The van der Waals surface area contributed by atoms with Crippen molar-refractivity contribution in [3.05, 3.63) is 127 Å². The van der Waals surface area contributed by atoms with Crippen molar-refractivity contribution in [3.8, 4) is 34.5 Å². The average Bonchev–Trinajstić information content (AvgIpc) is 2.89. The highest BCUT2D eigenvalue weighted by Crippen LogP contribution is 2.30. The summed E-state index contributed by atoms with van der Waals surface area (Å²) in [5.74, 6) is 4.61. The van der Waals surface area contributed by atoms with Crippen molar-refractivity contribution in [2.24, 2.45) is 0 Å². The molecule has 0 aliphatic rings. The van der Waals surface area contributed by atoms with Gasteiger partial charge < -0.3 is 18.9 Å². The Bertz CT molecular complexity index is 1140. The number of benzene rings is 4. The van der Waals surface area contributed by atoms with Gasteiger partial charge in [0.1, 0.15) is 34.5 Å². The molecule has 0 bridgehead atoms. The van der Waals surface area contributed by atoms with Crippen molar-refractivity contribution in [3.63, 3.8) is 0 Å². The van der Waals surface area contributed by atoms with E-state index in [-0.39, 0.29) is 0 Å². The molecule has 4 aromatic carbocycles. The van der Waals surface area contributed by atoms with Crippen molar-refractivity contribution in [1.82, 2.24) is 0 Å². The lowest BCUT2D eigenvalue weighted by atomic mass is 9.97. The number of allylic oxidation sites excluding steroid dienone is 2. The van der Waals surface area contributed by atoms with Crippen LogP contribution in [0.5, 0.6) is 34.5 Å². The molecule has 0 spiro atoms. The van der Waals surface area contributed by atoms with E-state index in [4.69, 9.17) is 18.9 Å². The molecule has 0 aromatic heterocycles. The highest BCUT2D eigenvalue weighted by molar-refractivity contribution is 5.81. The summed E-state index contributed by atoms with van der Waals surface area (Å²) in [4.78, 5) is 0. The highest BCUT2D eigenvalue weighted by Gasteiger charge is 2.07. The Morgan fingerprint density at radius 3 is 1.09 bits per heavy atom. The van der Waals surface area contributed by atoms with Crippen LogP contribution in [-0.2, 0) is 0 Å². The zero-order valence-corrected chi connectivity index (χ0v) is 19.2. The highest BCUT2D eigenvalue weighted by atomic mass is 16.5. The Hall–Kier alpha value is -4.44. The van der Waals surface area contributed by atoms with Crippen molar-refractivity contribution in [2.75, 3.05) is 14.2 Å². The molecule has 0 radical (unpaired) electrons. The van der Waals surface area contributed by atoms with Crippen LogP contribution < -0.4 is 18.9 Å². The summed E-state index contributed by atoms with van der Waals surface area (Å²) in [6, 6.07) is 31.0. The van der Waals surface area contributed by atoms with Gasteiger partial charge in [-0.15, -0.1) is 0 Å². The first kappa shape index (κ1) is 22.7. The van der Waals surface area contributed by atoms with Crippen molar-refractivity contribution in [2.45, 2.75) is 0 Å². The van der Waals surface area contributed by atoms with Gasteiger partial charge in [-0.25, -0.2) is 0 Å². The molecular formula is C30H26O4. The van der Waals surface area contributed by atoms with Crippen LogP contribution >= 0.6 is 0 Å². The first-order valence-electron chi connectivity index (χ1n) is 10.9. The third kappa shape index (κ3) is 5.67. The Kier molecular flexibility index (Phi) is 7.31. The van der Waals surface area contributed by atoms with Gasteiger partial charge in [0.25, 0.3) is 0 Å². The third-order valence-corrected chi connectivity index (χ3v) is 5.21. The number of hydrogen-bond donors (Lipinski definition) is 0. The molecular weight excluding hydrogens is 424 g/mol. The maximum Gasteiger partial charge on any atom is 0.127 e. The Labute approximate surface area is 200 Å². The summed E-state index contributed by atoms with van der Waals surface area (Å²) in [6.45, 7) is 3.88. The van der Waals surface area contributed by atoms with E-state index in [0.29, 0.717) is 0 Å². The first-order valence-corrected chi connectivity index (χ1v) is 10.9. The Morgan fingerprint density at radius 2 is 0.794 bits per heavy atom. The number of methoxy groups -OCH3 is 2. The monoisotopic (exact) mass is 450 g/mol. The normalized spacial score (nSPS) is 10.2. The van der Waals surface area contributed by atoms with E-state index in [9.17, 15) is 0 Å². The molecule has 0 aliphatic heterocycles. The van der Waals surface area contributed by atoms with Crippen LogP contribution in [0.25, 0.3) is 5.57 Å². The number of hydrogen-bond acceptors (Lipinski definition) is 4. The zero-order chi connectivity index (χ0) is 23.8. The predicted octanol–water partition coefficient (Wildman–Crippen LogP) is 7.91. The van der Waals surface area contributed by atoms with E-state index in [2.05, 4.69) is 6.58 Å². The molecule has 4 rings (SSSR count). The van der Waals surface area contributed by atoms with Gasteiger partial charge in [0.05, 0.1) is 14.2 Å². The van der Waals surface area contributed by atoms with Crippen LogP contribution in [0.3, 0.4) is 0 Å². The molecule has 0 fully saturated rings. The SMILES string of the molecule is C=CC=C(c1ccc(Oc2ccc(OC)cc2)cc1)c1ccc(Oc2ccc(OC)cc2)cc1. The largest absolute Gasteiger partial charge is 0.497 e. The Balaban J connectivity index is 1.47. The lowest BCUT2D eigenvalue weighted by Gasteiger charge is -2.12. The van der Waals surface area contributed by atoms with Gasteiger partial charge in [-0.1, -0.05) is 43.0 Å². The number of rotatable bonds is 9. The van der Waals surface area contributed by atoms with Crippen LogP contribution in [0.1, 0.15) is 11.1 Å². The first-order chi connectivity index (χ1) is 16.7. The minimum atomic E-state index is 0.753. The van der Waals surface area contributed by atoms with Crippen molar-refractivity contribution in [1.29, 1.82) is 0 Å². The molecule has 0 unspecified atom stereocenters. The lowest BCUT2D eigenvalue weighted by Crippen LogP contribution is -1.91. The smallest absolute Gasteiger partial charge is 0.127 e. The maximum atomic E-state index is 5.95. The summed E-state index contributed by atoms with van der Waals surface area (Å²) in [6.07, 6.45) is 3.79. The third-order valence-electron chi connectivity index (χ3n) is 5.21. The van der Waals surface area contributed by atoms with E-state index in [1.165, 1.54) is 0 Å². The molecule has 4 heteroatoms. The molecule has 4 aromatic rings. The molecule has 0 heterocycles. The summed E-state index contributed by atoms with van der Waals surface area (Å²) in [5, 5.41) is 0. The molecule has 0 amide bonds. The van der Waals surface area contributed by atoms with Crippen LogP contribution in [0, 0.1) is 0 Å². The van der Waals surface area contributed by atoms with Gasteiger partial charge in [0.2, 0.25) is 0 Å². The summed E-state index contributed by atoms with van der Waals surface area (Å²) < 4.78 is 22.3. The van der Waals surface area contributed by atoms with Crippen LogP contribution in [0.4, 0.5) is 0 Å². The Morgan fingerprint density at radius 1 is 0.500 bits per heavy atom. The predicted molar refractivity (Wildman–Crippen MR) is 136 cm³/mol. The molecule has 0 N–H and O–H groups in total. The fourth-order valence-corrected chi connectivity index (χ4v) is 3.44. The van der Waals surface area contributed by atoms with E-state index in [1.54, 1.807) is 20.3 Å². The molecule has 0 aliphatic carbocycles. The maximum absolute atomic E-state index is 5.95. The summed E-state index contributed by atoms with van der Waals surface area (Å²) in [7, 11) is 3.29. The minimum Gasteiger partial charge on any atom is -0.497 e.